The van der Waals surface area contributed by atoms with Crippen molar-refractivity contribution in [2.45, 2.75) is 112 Å². The fraction of sp³-hybridized carbons (Fsp3) is 0.833. The van der Waals surface area contributed by atoms with Gasteiger partial charge in [0.1, 0.15) is 0 Å². The molecule has 0 amide bonds. The number of carbonyl (C=O) groups is 1. The molecule has 3 fully saturated rings. The summed E-state index contributed by atoms with van der Waals surface area (Å²) in [5.74, 6) is 0.999. The van der Waals surface area contributed by atoms with Gasteiger partial charge in [-0.1, -0.05) is 53.2 Å². The van der Waals surface area contributed by atoms with E-state index in [1.165, 1.54) is 29.6 Å². The molecule has 0 heterocycles. The number of fused-ring (bicyclic) bond motifs is 7. The number of aliphatic carboxylic acids is 1. The van der Waals surface area contributed by atoms with Crippen LogP contribution in [-0.2, 0) is 4.79 Å². The molecule has 0 saturated heterocycles. The zero-order valence-corrected chi connectivity index (χ0v) is 22.1. The lowest BCUT2D eigenvalue weighted by molar-refractivity contribution is -0.197. The molecule has 3 nitrogen and oxygen atoms in total. The third-order valence-electron chi connectivity index (χ3n) is 12.8. The van der Waals surface area contributed by atoms with Crippen molar-refractivity contribution < 1.29 is 15.0 Å². The lowest BCUT2D eigenvalue weighted by Gasteiger charge is -2.70. The molecule has 0 spiro atoms. The Kier molecular flexibility index (Phi) is 5.01. The Hall–Kier alpha value is -1.09. The van der Waals surface area contributed by atoms with E-state index in [0.29, 0.717) is 17.8 Å². The van der Waals surface area contributed by atoms with E-state index in [1.807, 2.05) is 0 Å². The molecule has 0 aromatic rings. The van der Waals surface area contributed by atoms with Crippen molar-refractivity contribution in [1.29, 1.82) is 0 Å². The van der Waals surface area contributed by atoms with Crippen LogP contribution < -0.4 is 0 Å². The number of rotatable bonds is 1. The topological polar surface area (TPSA) is 57.5 Å². The highest BCUT2D eigenvalue weighted by atomic mass is 16.4. The Balaban J connectivity index is 1.65. The minimum atomic E-state index is -0.677. The Morgan fingerprint density at radius 3 is 2.30 bits per heavy atom. The summed E-state index contributed by atoms with van der Waals surface area (Å²) in [5.41, 5.74) is 3.65. The van der Waals surface area contributed by atoms with E-state index in [4.69, 9.17) is 0 Å². The highest BCUT2D eigenvalue weighted by Crippen LogP contribution is 2.75. The zero-order valence-electron chi connectivity index (χ0n) is 22.1. The van der Waals surface area contributed by atoms with Gasteiger partial charge in [0.25, 0.3) is 0 Å². The van der Waals surface area contributed by atoms with Crippen LogP contribution in [0.2, 0.25) is 0 Å². The van der Waals surface area contributed by atoms with Crippen molar-refractivity contribution in [2.75, 3.05) is 0 Å². The maximum atomic E-state index is 12.8. The Bertz CT molecular complexity index is 942. The van der Waals surface area contributed by atoms with Crippen LogP contribution in [0.1, 0.15) is 106 Å². The third kappa shape index (κ3) is 2.69. The number of aliphatic hydroxyl groups is 1. The molecule has 0 unspecified atom stereocenters. The fourth-order valence-corrected chi connectivity index (χ4v) is 10.2. The second-order valence-electron chi connectivity index (χ2n) is 14.0. The van der Waals surface area contributed by atoms with Gasteiger partial charge >= 0.3 is 5.97 Å². The Labute approximate surface area is 201 Å². The van der Waals surface area contributed by atoms with Crippen LogP contribution in [0, 0.1) is 44.8 Å². The number of hydrogen-bond donors (Lipinski definition) is 2. The van der Waals surface area contributed by atoms with E-state index >= 15 is 0 Å². The molecule has 0 bridgehead atoms. The first-order chi connectivity index (χ1) is 15.3. The van der Waals surface area contributed by atoms with Crippen molar-refractivity contribution in [2.24, 2.45) is 44.8 Å². The number of hydrogen-bond acceptors (Lipinski definition) is 2. The van der Waals surface area contributed by atoms with Gasteiger partial charge in [0.05, 0.1) is 11.5 Å². The lowest BCUT2D eigenvalue weighted by Crippen LogP contribution is -2.64. The quantitative estimate of drug-likeness (QED) is 0.442. The molecule has 3 saturated carbocycles. The van der Waals surface area contributed by atoms with Gasteiger partial charge in [-0.2, -0.15) is 0 Å². The zero-order chi connectivity index (χ0) is 24.2. The maximum absolute atomic E-state index is 12.8. The first kappa shape index (κ1) is 23.6. The minimum absolute atomic E-state index is 0.0245. The lowest BCUT2D eigenvalue weighted by atomic mass is 9.34. The van der Waals surface area contributed by atoms with Gasteiger partial charge < -0.3 is 10.2 Å². The molecule has 0 aliphatic heterocycles. The van der Waals surface area contributed by atoms with E-state index in [0.717, 1.165) is 44.9 Å². The molecule has 5 aliphatic rings. The van der Waals surface area contributed by atoms with Crippen LogP contribution in [0.25, 0.3) is 0 Å². The highest BCUT2D eigenvalue weighted by molar-refractivity contribution is 5.82. The SMILES string of the molecule is CC1=C2C3=CC[C@@H]4[C@@]5(C)CC[C@H](O)C(C)(C)[C@H]5CC[C@@]4(C)[C@]3(C)CC[C@@]2(C(=O)O)CC[C@@H]1C. The Morgan fingerprint density at radius 2 is 1.64 bits per heavy atom. The number of aliphatic hydroxyl groups excluding tert-OH is 1. The van der Waals surface area contributed by atoms with Crippen LogP contribution in [-0.4, -0.2) is 22.3 Å². The normalized spacial score (nSPS) is 51.0. The van der Waals surface area contributed by atoms with Gasteiger partial charge in [0.15, 0.2) is 0 Å². The van der Waals surface area contributed by atoms with Gasteiger partial charge in [-0.3, -0.25) is 4.79 Å². The van der Waals surface area contributed by atoms with Crippen molar-refractivity contribution in [3.05, 3.63) is 22.8 Å². The summed E-state index contributed by atoms with van der Waals surface area (Å²) in [6.07, 6.45) is 11.3. The fourth-order valence-electron chi connectivity index (χ4n) is 10.2. The summed E-state index contributed by atoms with van der Waals surface area (Å²) < 4.78 is 0. The van der Waals surface area contributed by atoms with Gasteiger partial charge in [-0.15, -0.1) is 0 Å². The van der Waals surface area contributed by atoms with E-state index < -0.39 is 11.4 Å². The summed E-state index contributed by atoms with van der Waals surface area (Å²) in [5, 5.41) is 21.4. The molecular formula is C30H46O3. The predicted octanol–water partition coefficient (Wildman–Crippen LogP) is 7.15. The van der Waals surface area contributed by atoms with Crippen LogP contribution in [0.5, 0.6) is 0 Å². The monoisotopic (exact) mass is 454 g/mol. The van der Waals surface area contributed by atoms with Crippen LogP contribution >= 0.6 is 0 Å². The third-order valence-corrected chi connectivity index (χ3v) is 12.8. The molecule has 0 aromatic heterocycles. The molecule has 5 rings (SSSR count). The molecule has 184 valence electrons. The average molecular weight is 455 g/mol. The maximum Gasteiger partial charge on any atom is 0.314 e. The molecule has 5 aliphatic carbocycles. The van der Waals surface area contributed by atoms with E-state index in [1.54, 1.807) is 0 Å². The molecular weight excluding hydrogens is 408 g/mol. The smallest absolute Gasteiger partial charge is 0.314 e. The van der Waals surface area contributed by atoms with Crippen molar-refractivity contribution in [3.8, 4) is 0 Å². The van der Waals surface area contributed by atoms with Crippen molar-refractivity contribution in [1.82, 2.24) is 0 Å². The van der Waals surface area contributed by atoms with Crippen LogP contribution in [0.15, 0.2) is 22.8 Å². The second kappa shape index (κ2) is 6.99. The van der Waals surface area contributed by atoms with Gasteiger partial charge in [-0.05, 0) is 115 Å². The van der Waals surface area contributed by atoms with Gasteiger partial charge in [0.2, 0.25) is 0 Å². The van der Waals surface area contributed by atoms with Crippen LogP contribution in [0.4, 0.5) is 0 Å². The van der Waals surface area contributed by atoms with E-state index in [-0.39, 0.29) is 27.8 Å². The molecule has 3 heteroatoms. The van der Waals surface area contributed by atoms with Crippen LogP contribution in [0.3, 0.4) is 0 Å². The summed E-state index contributed by atoms with van der Waals surface area (Å²) in [4.78, 5) is 12.8. The number of allylic oxidation sites excluding steroid dienone is 3. The minimum Gasteiger partial charge on any atom is -0.481 e. The van der Waals surface area contributed by atoms with E-state index in [2.05, 4.69) is 54.5 Å². The molecule has 0 aromatic carbocycles. The van der Waals surface area contributed by atoms with E-state index in [9.17, 15) is 15.0 Å². The first-order valence-corrected chi connectivity index (χ1v) is 13.6. The number of carboxylic acid groups (broad SMARTS) is 1. The summed E-state index contributed by atoms with van der Waals surface area (Å²) in [6, 6.07) is 0. The number of carboxylic acids is 1. The molecule has 8 atom stereocenters. The largest absolute Gasteiger partial charge is 0.481 e. The molecule has 0 radical (unpaired) electrons. The van der Waals surface area contributed by atoms with Crippen molar-refractivity contribution in [3.63, 3.8) is 0 Å². The van der Waals surface area contributed by atoms with Gasteiger partial charge in [-0.25, -0.2) is 0 Å². The summed E-state index contributed by atoms with van der Waals surface area (Å²) in [6.45, 7) is 16.7. The highest BCUT2D eigenvalue weighted by Gasteiger charge is 2.68. The predicted molar refractivity (Wildman–Crippen MR) is 133 cm³/mol. The first-order valence-electron chi connectivity index (χ1n) is 13.6. The molecule has 33 heavy (non-hydrogen) atoms. The van der Waals surface area contributed by atoms with Crippen molar-refractivity contribution >= 4 is 5.97 Å². The van der Waals surface area contributed by atoms with Gasteiger partial charge in [0, 0.05) is 0 Å². The standard InChI is InChI=1S/C30H46O3/c1-18-10-15-30(25(32)33)17-16-28(6)20(24(30)19(18)2)8-9-22-27(5)13-12-23(31)26(3,4)21(27)11-14-29(22,28)7/h8,18,21-23,31H,9-17H2,1-7H3,(H,32,33)/t18-,21+,22+,23-,27-,28+,29+,30-/m0/s1. The average Bonchev–Trinajstić information content (AvgIpc) is 2.74. The summed E-state index contributed by atoms with van der Waals surface area (Å²) in [7, 11) is 0. The Morgan fingerprint density at radius 1 is 0.939 bits per heavy atom. The summed E-state index contributed by atoms with van der Waals surface area (Å²) >= 11 is 0. The second-order valence-corrected chi connectivity index (χ2v) is 14.0. The molecule has 2 N–H and O–H groups in total.